The summed E-state index contributed by atoms with van der Waals surface area (Å²) >= 11 is 0. The van der Waals surface area contributed by atoms with E-state index in [0.29, 0.717) is 12.5 Å². The fraction of sp³-hybridized carbons (Fsp3) is 0.571. The van der Waals surface area contributed by atoms with Gasteiger partial charge in [-0.1, -0.05) is 26.0 Å². The zero-order valence-electron chi connectivity index (χ0n) is 16.2. The molecule has 0 saturated heterocycles. The summed E-state index contributed by atoms with van der Waals surface area (Å²) < 4.78 is 7.97. The molecule has 6 heteroatoms. The van der Waals surface area contributed by atoms with E-state index in [9.17, 15) is 4.79 Å². The fourth-order valence-corrected chi connectivity index (χ4v) is 4.91. The minimum atomic E-state index is -0.0413. The Morgan fingerprint density at radius 3 is 3.00 bits per heavy atom. The van der Waals surface area contributed by atoms with E-state index >= 15 is 0 Å². The Kier molecular flexibility index (Phi) is 3.61. The van der Waals surface area contributed by atoms with E-state index in [-0.39, 0.29) is 23.3 Å². The molecule has 1 aromatic carbocycles. The minimum Gasteiger partial charge on any atom is -0.493 e. The molecule has 3 aliphatic rings. The summed E-state index contributed by atoms with van der Waals surface area (Å²) in [6, 6.07) is 6.51. The average molecular weight is 366 g/mol. The number of amides is 1. The first-order valence-electron chi connectivity index (χ1n) is 9.96. The van der Waals surface area contributed by atoms with Crippen LogP contribution in [0, 0.1) is 5.92 Å². The first-order valence-corrected chi connectivity index (χ1v) is 9.96. The van der Waals surface area contributed by atoms with Crippen LogP contribution < -0.4 is 4.74 Å². The molecular formula is C21H26N4O2. The Hall–Kier alpha value is -2.37. The first kappa shape index (κ1) is 16.8. The zero-order valence-corrected chi connectivity index (χ0v) is 16.2. The van der Waals surface area contributed by atoms with E-state index in [0.717, 1.165) is 37.5 Å². The molecular weight excluding hydrogens is 340 g/mol. The van der Waals surface area contributed by atoms with Crippen LogP contribution >= 0.6 is 0 Å². The lowest BCUT2D eigenvalue weighted by Crippen LogP contribution is -2.43. The van der Waals surface area contributed by atoms with E-state index in [1.54, 1.807) is 6.33 Å². The molecule has 6 nitrogen and oxygen atoms in total. The maximum atomic E-state index is 13.4. The third-order valence-electron chi connectivity index (χ3n) is 6.74. The molecule has 1 unspecified atom stereocenters. The highest BCUT2D eigenvalue weighted by Gasteiger charge is 2.62. The van der Waals surface area contributed by atoms with Crippen molar-refractivity contribution in [2.24, 2.45) is 5.92 Å². The quantitative estimate of drug-likeness (QED) is 0.820. The van der Waals surface area contributed by atoms with Gasteiger partial charge in [0.1, 0.15) is 12.1 Å². The second kappa shape index (κ2) is 5.81. The van der Waals surface area contributed by atoms with Gasteiger partial charge in [0.2, 0.25) is 5.91 Å². The number of carbonyl (C=O) groups is 1. The van der Waals surface area contributed by atoms with Crippen LogP contribution in [0.2, 0.25) is 0 Å². The van der Waals surface area contributed by atoms with Gasteiger partial charge in [0.15, 0.2) is 5.82 Å². The molecule has 0 bridgehead atoms. The lowest BCUT2D eigenvalue weighted by Gasteiger charge is -2.35. The number of nitrogens with zero attached hydrogens (tertiary/aromatic N) is 4. The van der Waals surface area contributed by atoms with Crippen LogP contribution in [-0.2, 0) is 16.8 Å². The number of benzene rings is 1. The molecule has 1 fully saturated rings. The summed E-state index contributed by atoms with van der Waals surface area (Å²) in [6.07, 6.45) is 3.62. The first-order chi connectivity index (χ1) is 13.0. The molecule has 2 aromatic rings. The van der Waals surface area contributed by atoms with Gasteiger partial charge >= 0.3 is 0 Å². The Balaban J connectivity index is 1.44. The largest absolute Gasteiger partial charge is 0.493 e. The third-order valence-corrected chi connectivity index (χ3v) is 6.74. The van der Waals surface area contributed by atoms with E-state index in [2.05, 4.69) is 53.7 Å². The predicted octanol–water partition coefficient (Wildman–Crippen LogP) is 3.05. The van der Waals surface area contributed by atoms with Crippen molar-refractivity contribution in [3.8, 4) is 5.75 Å². The highest BCUT2D eigenvalue weighted by atomic mass is 16.5. The second-order valence-electron chi connectivity index (χ2n) is 8.51. The van der Waals surface area contributed by atoms with Crippen LogP contribution in [-0.4, -0.2) is 38.7 Å². The minimum absolute atomic E-state index is 0.0206. The van der Waals surface area contributed by atoms with Crippen LogP contribution in [0.15, 0.2) is 24.5 Å². The molecule has 1 aromatic heterocycles. The molecule has 2 aliphatic heterocycles. The molecule has 142 valence electrons. The summed E-state index contributed by atoms with van der Waals surface area (Å²) in [5, 5.41) is 8.23. The summed E-state index contributed by atoms with van der Waals surface area (Å²) in [7, 11) is 0. The van der Waals surface area contributed by atoms with Crippen LogP contribution in [0.5, 0.6) is 5.75 Å². The molecule has 1 spiro atoms. The Labute approximate surface area is 159 Å². The van der Waals surface area contributed by atoms with Crippen molar-refractivity contribution in [2.75, 3.05) is 13.2 Å². The van der Waals surface area contributed by atoms with E-state index in [4.69, 9.17) is 4.74 Å². The number of rotatable bonds is 2. The summed E-state index contributed by atoms with van der Waals surface area (Å²) in [4.78, 5) is 15.4. The van der Waals surface area contributed by atoms with E-state index in [1.807, 2.05) is 4.90 Å². The SMILES string of the molecule is CC(C)c1ccc2c(c1)[C@]1(CCO2)C[C@H]1C(=O)N1CCn2cnnc2C1C. The highest BCUT2D eigenvalue weighted by Crippen LogP contribution is 2.61. The Morgan fingerprint density at radius 1 is 1.33 bits per heavy atom. The van der Waals surface area contributed by atoms with Gasteiger partial charge in [-0.05, 0) is 37.3 Å². The summed E-state index contributed by atoms with van der Waals surface area (Å²) in [6.45, 7) is 8.67. The van der Waals surface area contributed by atoms with Gasteiger partial charge in [0.25, 0.3) is 0 Å². The molecule has 3 heterocycles. The number of ether oxygens (including phenoxy) is 1. The zero-order chi connectivity index (χ0) is 18.8. The molecule has 27 heavy (non-hydrogen) atoms. The van der Waals surface area contributed by atoms with Crippen molar-refractivity contribution in [1.82, 2.24) is 19.7 Å². The van der Waals surface area contributed by atoms with E-state index < -0.39 is 0 Å². The number of hydrogen-bond acceptors (Lipinski definition) is 4. The molecule has 3 atom stereocenters. The van der Waals surface area contributed by atoms with Gasteiger partial charge in [0.05, 0.1) is 12.6 Å². The fourth-order valence-electron chi connectivity index (χ4n) is 4.91. The van der Waals surface area contributed by atoms with Crippen molar-refractivity contribution in [3.05, 3.63) is 41.5 Å². The Bertz CT molecular complexity index is 905. The van der Waals surface area contributed by atoms with Gasteiger partial charge in [-0.3, -0.25) is 4.79 Å². The standard InChI is InChI=1S/C21H26N4O2/c1-13(2)15-4-5-18-16(10-15)21(6-9-27-18)11-17(21)20(26)25-8-7-24-12-22-23-19(24)14(25)3/h4-5,10,12-14,17H,6-9,11H2,1-3H3/t14?,17-,21-/m0/s1. The molecule has 0 N–H and O–H groups in total. The molecule has 0 radical (unpaired) electrons. The van der Waals surface area contributed by atoms with Crippen LogP contribution in [0.25, 0.3) is 0 Å². The molecule has 1 amide bonds. The van der Waals surface area contributed by atoms with Crippen LogP contribution in [0.3, 0.4) is 0 Å². The van der Waals surface area contributed by atoms with Crippen LogP contribution in [0.1, 0.15) is 62.5 Å². The van der Waals surface area contributed by atoms with Gasteiger partial charge < -0.3 is 14.2 Å². The predicted molar refractivity (Wildman–Crippen MR) is 101 cm³/mol. The van der Waals surface area contributed by atoms with Gasteiger partial charge in [0, 0.05) is 30.0 Å². The van der Waals surface area contributed by atoms with Crippen molar-refractivity contribution >= 4 is 5.91 Å². The average Bonchev–Trinajstić information content (AvgIpc) is 3.16. The maximum Gasteiger partial charge on any atom is 0.227 e. The third kappa shape index (κ3) is 2.42. The maximum absolute atomic E-state index is 13.4. The summed E-state index contributed by atoms with van der Waals surface area (Å²) in [5.41, 5.74) is 2.52. The monoisotopic (exact) mass is 366 g/mol. The number of fused-ring (bicyclic) bond motifs is 3. The van der Waals surface area contributed by atoms with Gasteiger partial charge in [-0.25, -0.2) is 0 Å². The molecule has 1 saturated carbocycles. The van der Waals surface area contributed by atoms with Gasteiger partial charge in [-0.15, -0.1) is 10.2 Å². The highest BCUT2D eigenvalue weighted by molar-refractivity contribution is 5.85. The molecule has 5 rings (SSSR count). The van der Waals surface area contributed by atoms with Crippen LogP contribution in [0.4, 0.5) is 0 Å². The second-order valence-corrected chi connectivity index (χ2v) is 8.51. The summed E-state index contributed by atoms with van der Waals surface area (Å²) in [5.74, 6) is 2.64. The van der Waals surface area contributed by atoms with Gasteiger partial charge in [-0.2, -0.15) is 0 Å². The topological polar surface area (TPSA) is 60.2 Å². The number of aromatic nitrogens is 3. The number of hydrogen-bond donors (Lipinski definition) is 0. The molecule has 1 aliphatic carbocycles. The lowest BCUT2D eigenvalue weighted by atomic mass is 9.84. The van der Waals surface area contributed by atoms with E-state index in [1.165, 1.54) is 11.1 Å². The van der Waals surface area contributed by atoms with Crippen molar-refractivity contribution < 1.29 is 9.53 Å². The Morgan fingerprint density at radius 2 is 2.19 bits per heavy atom. The smallest absolute Gasteiger partial charge is 0.227 e. The van der Waals surface area contributed by atoms with Crippen molar-refractivity contribution in [2.45, 2.75) is 57.5 Å². The normalized spacial score (nSPS) is 28.7. The number of carbonyl (C=O) groups excluding carboxylic acids is 1. The van der Waals surface area contributed by atoms with Crippen molar-refractivity contribution in [3.63, 3.8) is 0 Å². The van der Waals surface area contributed by atoms with Crippen molar-refractivity contribution in [1.29, 1.82) is 0 Å². The lowest BCUT2D eigenvalue weighted by molar-refractivity contribution is -0.136.